The van der Waals surface area contributed by atoms with Crippen molar-refractivity contribution in [1.29, 1.82) is 0 Å². The van der Waals surface area contributed by atoms with Crippen LogP contribution in [0, 0.1) is 5.82 Å². The van der Waals surface area contributed by atoms with Gasteiger partial charge in [0.15, 0.2) is 5.69 Å². The van der Waals surface area contributed by atoms with E-state index >= 15 is 0 Å². The molecule has 12 nitrogen and oxygen atoms in total. The Morgan fingerprint density at radius 1 is 1.19 bits per heavy atom. The molecule has 1 saturated heterocycles. The topological polar surface area (TPSA) is 151 Å². The summed E-state index contributed by atoms with van der Waals surface area (Å²) >= 11 is 0. The van der Waals surface area contributed by atoms with Crippen LogP contribution in [0.3, 0.4) is 0 Å². The fraction of sp³-hybridized carbons (Fsp3) is 0.478. The monoisotopic (exact) mass is 537 g/mol. The minimum absolute atomic E-state index is 0.0406. The van der Waals surface area contributed by atoms with Crippen molar-refractivity contribution < 1.29 is 32.2 Å². The molecule has 0 aliphatic carbocycles. The lowest BCUT2D eigenvalue weighted by atomic mass is 10.1. The van der Waals surface area contributed by atoms with E-state index in [4.69, 9.17) is 4.74 Å². The van der Waals surface area contributed by atoms with E-state index in [2.05, 4.69) is 10.3 Å². The normalized spacial score (nSPS) is 17.8. The van der Waals surface area contributed by atoms with Crippen LogP contribution in [0.5, 0.6) is 5.75 Å². The predicted octanol–water partition coefficient (Wildman–Crippen LogP) is 0.136. The van der Waals surface area contributed by atoms with Crippen LogP contribution in [0.15, 0.2) is 27.9 Å². The lowest BCUT2D eigenvalue weighted by Gasteiger charge is -2.33. The molecule has 0 spiro atoms. The van der Waals surface area contributed by atoms with E-state index in [1.54, 1.807) is 13.8 Å². The quantitative estimate of drug-likeness (QED) is 0.547. The van der Waals surface area contributed by atoms with E-state index in [1.807, 2.05) is 0 Å². The molecule has 2 aliphatic heterocycles. The molecule has 2 aliphatic rings. The van der Waals surface area contributed by atoms with Crippen molar-refractivity contribution in [3.63, 3.8) is 0 Å². The highest BCUT2D eigenvalue weighted by Gasteiger charge is 2.35. The third-order valence-corrected chi connectivity index (χ3v) is 8.43. The zero-order valence-corrected chi connectivity index (χ0v) is 21.5. The molecule has 2 N–H and O–H groups in total. The number of nitrogens with zero attached hydrogens (tertiary/aromatic N) is 4. The minimum atomic E-state index is -4.15. The number of fused-ring (bicyclic) bond motifs is 1. The number of nitrogens with one attached hydrogen (secondary N) is 1. The van der Waals surface area contributed by atoms with E-state index < -0.39 is 44.4 Å². The number of benzene rings is 1. The fourth-order valence-electron chi connectivity index (χ4n) is 4.38. The number of ether oxygens (including phenoxy) is 1. The van der Waals surface area contributed by atoms with E-state index in [0.717, 1.165) is 16.4 Å². The van der Waals surface area contributed by atoms with Gasteiger partial charge < -0.3 is 20.1 Å². The van der Waals surface area contributed by atoms with Crippen molar-refractivity contribution >= 4 is 21.8 Å². The number of sulfonamides is 1. The summed E-state index contributed by atoms with van der Waals surface area (Å²) < 4.78 is 48.8. The van der Waals surface area contributed by atoms with Gasteiger partial charge in [-0.3, -0.25) is 19.0 Å². The molecule has 1 aromatic heterocycles. The Bertz CT molecular complexity index is 1420. The van der Waals surface area contributed by atoms with Gasteiger partial charge in [-0.1, -0.05) is 6.07 Å². The number of hydrogen-bond donors (Lipinski definition) is 2. The number of carbonyl (C=O) groups excluding carboxylic acids is 2. The molecule has 0 radical (unpaired) electrons. The van der Waals surface area contributed by atoms with Crippen LogP contribution in [-0.4, -0.2) is 76.9 Å². The number of aromatic nitrogens is 2. The van der Waals surface area contributed by atoms with Crippen molar-refractivity contribution in [2.75, 3.05) is 32.8 Å². The first-order valence-corrected chi connectivity index (χ1v) is 13.1. The molecule has 1 aromatic carbocycles. The number of aromatic hydroxyl groups is 1. The minimum Gasteiger partial charge on any atom is -0.501 e. The van der Waals surface area contributed by atoms with Gasteiger partial charge in [0, 0.05) is 39.6 Å². The van der Waals surface area contributed by atoms with Gasteiger partial charge in [-0.05, 0) is 31.5 Å². The van der Waals surface area contributed by atoms with Gasteiger partial charge in [-0.2, -0.15) is 4.31 Å². The highest BCUT2D eigenvalue weighted by atomic mass is 32.2. The second kappa shape index (κ2) is 9.84. The molecule has 2 amide bonds. The van der Waals surface area contributed by atoms with Gasteiger partial charge in [0.2, 0.25) is 21.7 Å². The summed E-state index contributed by atoms with van der Waals surface area (Å²) in [5.41, 5.74) is -2.20. The number of hydrogen-bond acceptors (Lipinski definition) is 8. The van der Waals surface area contributed by atoms with Crippen LogP contribution in [-0.2, 0) is 38.2 Å². The van der Waals surface area contributed by atoms with Crippen molar-refractivity contribution in [2.24, 2.45) is 0 Å². The molecule has 14 heteroatoms. The maximum absolute atomic E-state index is 14.1. The van der Waals surface area contributed by atoms with Crippen molar-refractivity contribution in [3.8, 4) is 5.75 Å². The maximum Gasteiger partial charge on any atom is 0.296 e. The summed E-state index contributed by atoms with van der Waals surface area (Å²) in [4.78, 5) is 42.5. The molecule has 3 heterocycles. The Hall–Kier alpha value is -3.36. The molecule has 0 atom stereocenters. The lowest BCUT2D eigenvalue weighted by molar-refractivity contribution is -0.129. The number of rotatable bonds is 5. The van der Waals surface area contributed by atoms with E-state index in [0.29, 0.717) is 0 Å². The molecule has 0 saturated carbocycles. The largest absolute Gasteiger partial charge is 0.501 e. The van der Waals surface area contributed by atoms with Crippen molar-refractivity contribution in [1.82, 2.24) is 24.1 Å². The molecule has 2 aromatic rings. The molecule has 1 fully saturated rings. The average Bonchev–Trinajstić information content (AvgIpc) is 2.85. The van der Waals surface area contributed by atoms with Crippen molar-refractivity contribution in [2.45, 2.75) is 44.4 Å². The SMILES string of the molecule is CC(=O)N1CCN(S(=O)(=O)c2cc(F)ccc2CNC(=O)c2nc3n(c(=O)c2O)CCOC3(C)C)CC1. The van der Waals surface area contributed by atoms with Crippen LogP contribution < -0.4 is 10.9 Å². The van der Waals surface area contributed by atoms with Crippen LogP contribution >= 0.6 is 0 Å². The Kier molecular flexibility index (Phi) is 7.10. The number of carbonyl (C=O) groups is 2. The molecular formula is C23H28FN5O7S. The van der Waals surface area contributed by atoms with Crippen LogP contribution in [0.25, 0.3) is 0 Å². The molecule has 4 rings (SSSR count). The molecule has 0 unspecified atom stereocenters. The molecule has 37 heavy (non-hydrogen) atoms. The highest BCUT2D eigenvalue weighted by Crippen LogP contribution is 2.28. The second-order valence-corrected chi connectivity index (χ2v) is 11.2. The van der Waals surface area contributed by atoms with Gasteiger partial charge in [-0.15, -0.1) is 0 Å². The van der Waals surface area contributed by atoms with E-state index in [-0.39, 0.29) is 68.1 Å². The summed E-state index contributed by atoms with van der Waals surface area (Å²) in [6.07, 6.45) is 0. The Morgan fingerprint density at radius 2 is 1.86 bits per heavy atom. The zero-order valence-electron chi connectivity index (χ0n) is 20.7. The summed E-state index contributed by atoms with van der Waals surface area (Å²) in [7, 11) is -4.15. The first-order valence-electron chi connectivity index (χ1n) is 11.6. The molecule has 0 bridgehead atoms. The fourth-order valence-corrected chi connectivity index (χ4v) is 6.04. The number of halogens is 1. The van der Waals surface area contributed by atoms with Crippen LogP contribution in [0.2, 0.25) is 0 Å². The van der Waals surface area contributed by atoms with Gasteiger partial charge in [0.1, 0.15) is 17.2 Å². The molecular weight excluding hydrogens is 509 g/mol. The Balaban J connectivity index is 1.59. The van der Waals surface area contributed by atoms with Crippen molar-refractivity contribution in [3.05, 3.63) is 51.5 Å². The number of piperazine rings is 1. The second-order valence-electron chi connectivity index (χ2n) is 9.29. The number of amides is 2. The van der Waals surface area contributed by atoms with Gasteiger partial charge in [-0.25, -0.2) is 17.8 Å². The smallest absolute Gasteiger partial charge is 0.296 e. The lowest BCUT2D eigenvalue weighted by Crippen LogP contribution is -2.50. The zero-order chi connectivity index (χ0) is 27.1. The van der Waals surface area contributed by atoms with Gasteiger partial charge in [0.05, 0.1) is 18.0 Å². The van der Waals surface area contributed by atoms with Gasteiger partial charge in [0.25, 0.3) is 11.5 Å². The predicted molar refractivity (Wildman–Crippen MR) is 128 cm³/mol. The molecule has 200 valence electrons. The van der Waals surface area contributed by atoms with E-state index in [9.17, 15) is 32.3 Å². The van der Waals surface area contributed by atoms with E-state index in [1.165, 1.54) is 22.5 Å². The van der Waals surface area contributed by atoms with Gasteiger partial charge >= 0.3 is 0 Å². The summed E-state index contributed by atoms with van der Waals surface area (Å²) in [6, 6.07) is 3.17. The Morgan fingerprint density at radius 3 is 2.51 bits per heavy atom. The first-order chi connectivity index (χ1) is 17.3. The third kappa shape index (κ3) is 5.08. The van der Waals surface area contributed by atoms with Crippen LogP contribution in [0.1, 0.15) is 42.6 Å². The standard InChI is InChI=1S/C23H28FN5O7S/c1-14(30)27-6-8-28(9-7-27)37(34,35)17-12-16(24)5-4-15(17)13-25-20(32)18-19(31)21(33)29-10-11-36-23(2,3)22(29)26-18/h4-5,12,31H,6-11,13H2,1-3H3,(H,25,32). The first kappa shape index (κ1) is 26.7. The summed E-state index contributed by atoms with van der Waals surface area (Å²) in [6.45, 7) is 5.29. The summed E-state index contributed by atoms with van der Waals surface area (Å²) in [5, 5.41) is 12.8. The summed E-state index contributed by atoms with van der Waals surface area (Å²) in [5.74, 6) is -2.53. The third-order valence-electron chi connectivity index (χ3n) is 6.45. The van der Waals surface area contributed by atoms with Crippen LogP contribution in [0.4, 0.5) is 4.39 Å². The highest BCUT2D eigenvalue weighted by molar-refractivity contribution is 7.89. The average molecular weight is 538 g/mol. The maximum atomic E-state index is 14.1. The Labute approximate surface area is 212 Å².